The van der Waals surface area contributed by atoms with Gasteiger partial charge < -0.3 is 15.3 Å². The van der Waals surface area contributed by atoms with Crippen molar-refractivity contribution in [3.63, 3.8) is 0 Å². The van der Waals surface area contributed by atoms with Crippen molar-refractivity contribution in [1.29, 1.82) is 5.41 Å². The Kier molecular flexibility index (Phi) is 6.06. The van der Waals surface area contributed by atoms with Crippen LogP contribution in [0.15, 0.2) is 47.5 Å². The predicted molar refractivity (Wildman–Crippen MR) is 103 cm³/mol. The van der Waals surface area contributed by atoms with Crippen molar-refractivity contribution in [2.24, 2.45) is 5.92 Å². The molecule has 1 aliphatic rings. The van der Waals surface area contributed by atoms with Crippen molar-refractivity contribution in [3.8, 4) is 11.6 Å². The highest BCUT2D eigenvalue weighted by Crippen LogP contribution is 2.30. The first kappa shape index (κ1) is 18.6. The second-order valence-electron chi connectivity index (χ2n) is 6.39. The molecule has 2 N–H and O–H groups in total. The first-order valence-electron chi connectivity index (χ1n) is 8.66. The van der Waals surface area contributed by atoms with Crippen molar-refractivity contribution in [3.05, 3.63) is 48.2 Å². The average Bonchev–Trinajstić information content (AvgIpc) is 2.68. The number of benzene rings is 1. The number of Topliss-reactive ketones (excluding diaryl/α,β-unsaturated/α-hetero) is 1. The minimum atomic E-state index is -0.351. The molecule has 0 saturated heterocycles. The molecule has 1 saturated carbocycles. The smallest absolute Gasteiger partial charge is 0.230 e. The third-order valence-electron chi connectivity index (χ3n) is 4.62. The number of rotatable bonds is 6. The van der Waals surface area contributed by atoms with Gasteiger partial charge >= 0.3 is 0 Å². The molecule has 1 aliphatic carbocycles. The topological polar surface area (TPSA) is 83.3 Å². The maximum absolute atomic E-state index is 12.8. The number of carbonyl (C=O) groups is 1. The summed E-state index contributed by atoms with van der Waals surface area (Å²) in [4.78, 5) is 18.1. The monoisotopic (exact) mass is 370 g/mol. The lowest BCUT2D eigenvalue weighted by molar-refractivity contribution is 0.103. The highest BCUT2D eigenvalue weighted by Gasteiger charge is 2.29. The summed E-state index contributed by atoms with van der Waals surface area (Å²) < 4.78 is 5.85. The normalized spacial score (nSPS) is 19.8. The second kappa shape index (κ2) is 8.47. The standard InChI is InChI=1S/C20H22N2O3S/c1-26-16-5-2-4-15(12-16)25-20-17(6-3-11-22-20)19(24)18(21)13-7-9-14(23)10-8-13/h2-6,11-14,21,23H,7-10H2,1H3. The SMILES string of the molecule is CSc1cccc(Oc2ncccc2C(=O)C(=N)C2CCC(O)CC2)c1. The van der Waals surface area contributed by atoms with Gasteiger partial charge in [0.1, 0.15) is 5.75 Å². The Balaban J connectivity index is 1.79. The molecule has 0 atom stereocenters. The van der Waals surface area contributed by atoms with Gasteiger partial charge in [-0.1, -0.05) is 6.07 Å². The molecule has 1 aromatic carbocycles. The summed E-state index contributed by atoms with van der Waals surface area (Å²) >= 11 is 1.61. The molecular formula is C20H22N2O3S. The van der Waals surface area contributed by atoms with Crippen molar-refractivity contribution in [2.45, 2.75) is 36.7 Å². The van der Waals surface area contributed by atoms with Crippen molar-refractivity contribution < 1.29 is 14.6 Å². The van der Waals surface area contributed by atoms with Crippen LogP contribution < -0.4 is 4.74 Å². The number of ketones is 1. The van der Waals surface area contributed by atoms with Gasteiger partial charge in [0, 0.05) is 17.0 Å². The molecule has 1 heterocycles. The van der Waals surface area contributed by atoms with Crippen LogP contribution in [0.5, 0.6) is 11.6 Å². The number of aromatic nitrogens is 1. The highest BCUT2D eigenvalue weighted by molar-refractivity contribution is 7.98. The molecular weight excluding hydrogens is 348 g/mol. The van der Waals surface area contributed by atoms with Crippen LogP contribution in [0.1, 0.15) is 36.0 Å². The zero-order valence-corrected chi connectivity index (χ0v) is 15.5. The van der Waals surface area contributed by atoms with Gasteiger partial charge in [-0.15, -0.1) is 11.8 Å². The molecule has 3 rings (SSSR count). The zero-order valence-electron chi connectivity index (χ0n) is 14.6. The molecule has 1 fully saturated rings. The van der Waals surface area contributed by atoms with Gasteiger partial charge in [-0.05, 0) is 62.3 Å². The lowest BCUT2D eigenvalue weighted by Gasteiger charge is -2.25. The zero-order chi connectivity index (χ0) is 18.5. The Bertz CT molecular complexity index is 801. The maximum atomic E-state index is 12.8. The first-order chi connectivity index (χ1) is 12.6. The third-order valence-corrected chi connectivity index (χ3v) is 5.35. The minimum absolute atomic E-state index is 0.0765. The number of carbonyl (C=O) groups excluding carboxylic acids is 1. The van der Waals surface area contributed by atoms with E-state index < -0.39 is 0 Å². The minimum Gasteiger partial charge on any atom is -0.438 e. The van der Waals surface area contributed by atoms with E-state index in [0.29, 0.717) is 37.0 Å². The molecule has 136 valence electrons. The van der Waals surface area contributed by atoms with Crippen LogP contribution in [-0.2, 0) is 0 Å². The summed E-state index contributed by atoms with van der Waals surface area (Å²) in [6.07, 6.45) is 5.85. The van der Waals surface area contributed by atoms with E-state index in [0.717, 1.165) is 4.90 Å². The van der Waals surface area contributed by atoms with E-state index in [1.54, 1.807) is 30.1 Å². The van der Waals surface area contributed by atoms with E-state index in [4.69, 9.17) is 10.1 Å². The molecule has 0 bridgehead atoms. The second-order valence-corrected chi connectivity index (χ2v) is 7.27. The molecule has 2 aromatic rings. The summed E-state index contributed by atoms with van der Waals surface area (Å²) in [5.41, 5.74) is 0.380. The van der Waals surface area contributed by atoms with Gasteiger partial charge in [0.25, 0.3) is 0 Å². The fourth-order valence-corrected chi connectivity index (χ4v) is 3.56. The van der Waals surface area contributed by atoms with Crippen molar-refractivity contribution in [2.75, 3.05) is 6.26 Å². The molecule has 0 amide bonds. The lowest BCUT2D eigenvalue weighted by atomic mass is 9.82. The Hall–Kier alpha value is -2.18. The third kappa shape index (κ3) is 4.31. The van der Waals surface area contributed by atoms with E-state index >= 15 is 0 Å². The van der Waals surface area contributed by atoms with Crippen LogP contribution in [0.2, 0.25) is 0 Å². The van der Waals surface area contributed by atoms with E-state index in [-0.39, 0.29) is 29.4 Å². The van der Waals surface area contributed by atoms with E-state index in [1.807, 2.05) is 30.5 Å². The quantitative estimate of drug-likeness (QED) is 0.449. The number of nitrogens with zero attached hydrogens (tertiary/aromatic N) is 1. The van der Waals surface area contributed by atoms with Crippen LogP contribution in [0.4, 0.5) is 0 Å². The number of thioether (sulfide) groups is 1. The number of hydrogen-bond donors (Lipinski definition) is 2. The van der Waals surface area contributed by atoms with Crippen LogP contribution in [0.25, 0.3) is 0 Å². The molecule has 26 heavy (non-hydrogen) atoms. The van der Waals surface area contributed by atoms with Gasteiger partial charge in [-0.25, -0.2) is 4.98 Å². The Morgan fingerprint density at radius 1 is 1.23 bits per heavy atom. The largest absolute Gasteiger partial charge is 0.438 e. The summed E-state index contributed by atoms with van der Waals surface area (Å²) in [7, 11) is 0. The highest BCUT2D eigenvalue weighted by atomic mass is 32.2. The summed E-state index contributed by atoms with van der Waals surface area (Å²) in [6, 6.07) is 10.9. The number of hydrogen-bond acceptors (Lipinski definition) is 6. The van der Waals surface area contributed by atoms with Crippen LogP contribution in [-0.4, -0.2) is 33.9 Å². The molecule has 0 aliphatic heterocycles. The summed E-state index contributed by atoms with van der Waals surface area (Å²) in [5, 5.41) is 17.9. The molecule has 6 heteroatoms. The number of nitrogens with one attached hydrogen (secondary N) is 1. The van der Waals surface area contributed by atoms with Crippen molar-refractivity contribution in [1.82, 2.24) is 4.98 Å². The predicted octanol–water partition coefficient (Wildman–Crippen LogP) is 4.35. The van der Waals surface area contributed by atoms with Gasteiger partial charge in [0.2, 0.25) is 11.7 Å². The molecule has 0 radical (unpaired) electrons. The maximum Gasteiger partial charge on any atom is 0.230 e. The van der Waals surface area contributed by atoms with Crippen LogP contribution in [0.3, 0.4) is 0 Å². The lowest BCUT2D eigenvalue weighted by Crippen LogP contribution is -2.29. The van der Waals surface area contributed by atoms with Crippen molar-refractivity contribution >= 4 is 23.3 Å². The summed E-state index contributed by atoms with van der Waals surface area (Å²) in [5.74, 6) is 0.363. The Labute approximate surface area is 157 Å². The number of aliphatic hydroxyl groups excluding tert-OH is 1. The fraction of sp³-hybridized carbons (Fsp3) is 0.350. The van der Waals surface area contributed by atoms with Gasteiger partial charge in [0.05, 0.1) is 17.4 Å². The summed E-state index contributed by atoms with van der Waals surface area (Å²) in [6.45, 7) is 0. The molecule has 0 unspecified atom stereocenters. The van der Waals surface area contributed by atoms with Crippen LogP contribution >= 0.6 is 11.8 Å². The van der Waals surface area contributed by atoms with E-state index in [2.05, 4.69) is 4.98 Å². The van der Waals surface area contributed by atoms with E-state index in [9.17, 15) is 9.90 Å². The molecule has 0 spiro atoms. The first-order valence-corrected chi connectivity index (χ1v) is 9.89. The van der Waals surface area contributed by atoms with E-state index in [1.165, 1.54) is 0 Å². The van der Waals surface area contributed by atoms with Crippen LogP contribution in [0, 0.1) is 11.3 Å². The Morgan fingerprint density at radius 2 is 2.00 bits per heavy atom. The van der Waals surface area contributed by atoms with Gasteiger partial charge in [0.15, 0.2) is 0 Å². The average molecular weight is 370 g/mol. The molecule has 5 nitrogen and oxygen atoms in total. The number of pyridine rings is 1. The Morgan fingerprint density at radius 3 is 2.73 bits per heavy atom. The number of aliphatic hydroxyl groups is 1. The number of ether oxygens (including phenoxy) is 1. The molecule has 1 aromatic heterocycles. The van der Waals surface area contributed by atoms with Gasteiger partial charge in [-0.2, -0.15) is 0 Å². The van der Waals surface area contributed by atoms with Gasteiger partial charge in [-0.3, -0.25) is 4.79 Å². The fourth-order valence-electron chi connectivity index (χ4n) is 3.12.